The van der Waals surface area contributed by atoms with Crippen molar-refractivity contribution in [2.45, 2.75) is 4.90 Å². The second kappa shape index (κ2) is 7.87. The van der Waals surface area contributed by atoms with Crippen LogP contribution < -0.4 is 11.1 Å². The molecule has 0 saturated carbocycles. The lowest BCUT2D eigenvalue weighted by molar-refractivity contribution is 0.0730. The average Bonchev–Trinajstić information content (AvgIpc) is 2.69. The minimum absolute atomic E-state index is 0.0280. The number of nitrogens with zero attached hydrogens (tertiary/aromatic N) is 1. The molecule has 8 nitrogen and oxygen atoms in total. The van der Waals surface area contributed by atoms with Gasteiger partial charge in [0.15, 0.2) is 0 Å². The first kappa shape index (κ1) is 19.0. The maximum atomic E-state index is 12.7. The number of benzene rings is 2. The monoisotopic (exact) mass is 389 g/mol. The van der Waals surface area contributed by atoms with E-state index in [4.69, 9.17) is 10.5 Å². The highest BCUT2D eigenvalue weighted by Gasteiger charge is 2.27. The van der Waals surface area contributed by atoms with E-state index in [1.54, 1.807) is 18.2 Å². The summed E-state index contributed by atoms with van der Waals surface area (Å²) in [4.78, 5) is 24.1. The van der Waals surface area contributed by atoms with Crippen molar-refractivity contribution in [2.75, 3.05) is 31.6 Å². The number of morpholine rings is 1. The Morgan fingerprint density at radius 3 is 2.44 bits per heavy atom. The zero-order valence-electron chi connectivity index (χ0n) is 14.4. The SMILES string of the molecule is NC(=O)c1ccccc1NC(=O)c1cccc(S(=O)(=O)N2CCOCC2)c1. The summed E-state index contributed by atoms with van der Waals surface area (Å²) in [7, 11) is -3.71. The third kappa shape index (κ3) is 4.16. The Balaban J connectivity index is 1.85. The Bertz CT molecular complexity index is 968. The highest BCUT2D eigenvalue weighted by molar-refractivity contribution is 7.89. The van der Waals surface area contributed by atoms with Gasteiger partial charge in [0.2, 0.25) is 10.0 Å². The zero-order chi connectivity index (χ0) is 19.4. The summed E-state index contributed by atoms with van der Waals surface area (Å²) in [6.07, 6.45) is 0. The standard InChI is InChI=1S/C18H19N3O5S/c19-17(22)15-6-1-2-7-16(15)20-18(23)13-4-3-5-14(12-13)27(24,25)21-8-10-26-11-9-21/h1-7,12H,8-11H2,(H2,19,22)(H,20,23). The van der Waals surface area contributed by atoms with Gasteiger partial charge in [-0.3, -0.25) is 9.59 Å². The number of anilines is 1. The van der Waals surface area contributed by atoms with Gasteiger partial charge in [0.05, 0.1) is 29.4 Å². The molecule has 27 heavy (non-hydrogen) atoms. The van der Waals surface area contributed by atoms with Gasteiger partial charge >= 0.3 is 0 Å². The fourth-order valence-electron chi connectivity index (χ4n) is 2.74. The highest BCUT2D eigenvalue weighted by atomic mass is 32.2. The van der Waals surface area contributed by atoms with Crippen LogP contribution in [0.3, 0.4) is 0 Å². The maximum absolute atomic E-state index is 12.7. The lowest BCUT2D eigenvalue weighted by Crippen LogP contribution is -2.40. The normalized spacial score (nSPS) is 15.3. The number of para-hydroxylation sites is 1. The van der Waals surface area contributed by atoms with E-state index in [0.717, 1.165) is 0 Å². The van der Waals surface area contributed by atoms with Crippen LogP contribution in [0.15, 0.2) is 53.4 Å². The Morgan fingerprint density at radius 2 is 1.74 bits per heavy atom. The molecule has 0 aliphatic carbocycles. The summed E-state index contributed by atoms with van der Waals surface area (Å²) in [5.41, 5.74) is 5.89. The van der Waals surface area contributed by atoms with Crippen molar-refractivity contribution >= 4 is 27.5 Å². The predicted octanol–water partition coefficient (Wildman–Crippen LogP) is 1.06. The van der Waals surface area contributed by atoms with Crippen molar-refractivity contribution in [3.8, 4) is 0 Å². The van der Waals surface area contributed by atoms with Gasteiger partial charge in [-0.05, 0) is 30.3 Å². The molecular formula is C18H19N3O5S. The van der Waals surface area contributed by atoms with Gasteiger partial charge in [-0.2, -0.15) is 4.31 Å². The van der Waals surface area contributed by atoms with E-state index in [-0.39, 0.29) is 34.8 Å². The number of sulfonamides is 1. The molecule has 2 amide bonds. The van der Waals surface area contributed by atoms with Crippen LogP contribution in [0.5, 0.6) is 0 Å². The molecule has 0 unspecified atom stereocenters. The molecule has 142 valence electrons. The summed E-state index contributed by atoms with van der Waals surface area (Å²) in [6, 6.07) is 12.1. The predicted molar refractivity (Wildman–Crippen MR) is 98.9 cm³/mol. The van der Waals surface area contributed by atoms with Gasteiger partial charge in [0, 0.05) is 18.7 Å². The summed E-state index contributed by atoms with van der Waals surface area (Å²) in [6.45, 7) is 1.21. The van der Waals surface area contributed by atoms with Gasteiger partial charge < -0.3 is 15.8 Å². The molecule has 0 radical (unpaired) electrons. The number of nitrogens with two attached hydrogens (primary N) is 1. The first-order chi connectivity index (χ1) is 12.9. The van der Waals surface area contributed by atoms with Crippen molar-refractivity contribution in [3.63, 3.8) is 0 Å². The number of carbonyl (C=O) groups is 2. The Labute approximate surface area is 157 Å². The highest BCUT2D eigenvalue weighted by Crippen LogP contribution is 2.20. The van der Waals surface area contributed by atoms with Crippen LogP contribution in [-0.4, -0.2) is 50.8 Å². The first-order valence-electron chi connectivity index (χ1n) is 8.28. The molecule has 9 heteroatoms. The zero-order valence-corrected chi connectivity index (χ0v) is 15.2. The molecule has 3 rings (SSSR count). The number of rotatable bonds is 5. The Hall–Kier alpha value is -2.75. The minimum atomic E-state index is -3.71. The number of ether oxygens (including phenoxy) is 1. The lowest BCUT2D eigenvalue weighted by Gasteiger charge is -2.26. The van der Waals surface area contributed by atoms with Gasteiger partial charge in [0.1, 0.15) is 0 Å². The third-order valence-electron chi connectivity index (χ3n) is 4.14. The van der Waals surface area contributed by atoms with Crippen molar-refractivity contribution in [1.82, 2.24) is 4.31 Å². The molecule has 2 aromatic carbocycles. The maximum Gasteiger partial charge on any atom is 0.255 e. The summed E-state index contributed by atoms with van der Waals surface area (Å²) >= 11 is 0. The van der Waals surface area contributed by atoms with Crippen LogP contribution in [-0.2, 0) is 14.8 Å². The van der Waals surface area contributed by atoms with Crippen LogP contribution in [0.2, 0.25) is 0 Å². The molecule has 1 saturated heterocycles. The summed E-state index contributed by atoms with van der Waals surface area (Å²) < 4.78 is 32.0. The Morgan fingerprint density at radius 1 is 1.04 bits per heavy atom. The van der Waals surface area contributed by atoms with Crippen LogP contribution >= 0.6 is 0 Å². The van der Waals surface area contributed by atoms with E-state index in [9.17, 15) is 18.0 Å². The quantitative estimate of drug-likeness (QED) is 0.792. The van der Waals surface area contributed by atoms with E-state index in [1.165, 1.54) is 34.6 Å². The summed E-state index contributed by atoms with van der Waals surface area (Å²) in [5, 5.41) is 2.60. The largest absolute Gasteiger partial charge is 0.379 e. The molecule has 0 atom stereocenters. The van der Waals surface area contributed by atoms with E-state index < -0.39 is 21.8 Å². The summed E-state index contributed by atoms with van der Waals surface area (Å²) in [5.74, 6) is -1.21. The number of hydrogen-bond acceptors (Lipinski definition) is 5. The second-order valence-electron chi connectivity index (χ2n) is 5.91. The minimum Gasteiger partial charge on any atom is -0.379 e. The van der Waals surface area contributed by atoms with Crippen LogP contribution in [0, 0.1) is 0 Å². The molecule has 1 aliphatic rings. The molecule has 2 aromatic rings. The van der Waals surface area contributed by atoms with E-state index in [0.29, 0.717) is 13.2 Å². The third-order valence-corrected chi connectivity index (χ3v) is 6.04. The Kier molecular flexibility index (Phi) is 5.54. The van der Waals surface area contributed by atoms with Gasteiger partial charge in [-0.1, -0.05) is 18.2 Å². The molecule has 0 spiro atoms. The second-order valence-corrected chi connectivity index (χ2v) is 7.85. The van der Waals surface area contributed by atoms with Gasteiger partial charge in [0.25, 0.3) is 11.8 Å². The molecule has 0 aromatic heterocycles. The topological polar surface area (TPSA) is 119 Å². The number of hydrogen-bond donors (Lipinski definition) is 2. The van der Waals surface area contributed by atoms with Crippen molar-refractivity contribution < 1.29 is 22.7 Å². The lowest BCUT2D eigenvalue weighted by atomic mass is 10.1. The van der Waals surface area contributed by atoms with Crippen LogP contribution in [0.1, 0.15) is 20.7 Å². The van der Waals surface area contributed by atoms with E-state index >= 15 is 0 Å². The number of amides is 2. The van der Waals surface area contributed by atoms with Crippen molar-refractivity contribution in [3.05, 3.63) is 59.7 Å². The van der Waals surface area contributed by atoms with E-state index in [1.807, 2.05) is 0 Å². The average molecular weight is 389 g/mol. The first-order valence-corrected chi connectivity index (χ1v) is 9.72. The van der Waals surface area contributed by atoms with Gasteiger partial charge in [-0.25, -0.2) is 8.42 Å². The molecular weight excluding hydrogens is 370 g/mol. The van der Waals surface area contributed by atoms with Crippen LogP contribution in [0.25, 0.3) is 0 Å². The van der Waals surface area contributed by atoms with Crippen LogP contribution in [0.4, 0.5) is 5.69 Å². The molecule has 1 heterocycles. The van der Waals surface area contributed by atoms with E-state index in [2.05, 4.69) is 5.32 Å². The van der Waals surface area contributed by atoms with Crippen molar-refractivity contribution in [1.29, 1.82) is 0 Å². The number of primary amides is 1. The molecule has 3 N–H and O–H groups in total. The number of nitrogens with one attached hydrogen (secondary N) is 1. The smallest absolute Gasteiger partial charge is 0.255 e. The fraction of sp³-hybridized carbons (Fsp3) is 0.222. The fourth-order valence-corrected chi connectivity index (χ4v) is 4.19. The molecule has 1 aliphatic heterocycles. The molecule has 1 fully saturated rings. The number of carbonyl (C=O) groups excluding carboxylic acids is 2. The molecule has 0 bridgehead atoms. The van der Waals surface area contributed by atoms with Crippen molar-refractivity contribution in [2.24, 2.45) is 5.73 Å². The van der Waals surface area contributed by atoms with Gasteiger partial charge in [-0.15, -0.1) is 0 Å².